The molecule has 0 unspecified atom stereocenters. The largest absolute Gasteiger partial charge is 0.500 e. The highest BCUT2D eigenvalue weighted by Crippen LogP contribution is 2.36. The van der Waals surface area contributed by atoms with E-state index >= 15 is 0 Å². The Bertz CT molecular complexity index is 624. The van der Waals surface area contributed by atoms with Crippen LogP contribution in [-0.4, -0.2) is 36.7 Å². The molecule has 0 N–H and O–H groups in total. The molecule has 0 saturated carbocycles. The fourth-order valence-electron chi connectivity index (χ4n) is 2.52. The first kappa shape index (κ1) is 19.1. The third kappa shape index (κ3) is 4.68. The summed E-state index contributed by atoms with van der Waals surface area (Å²) < 4.78 is 23.3. The molecule has 0 aromatic heterocycles. The molecule has 0 atom stereocenters. The van der Waals surface area contributed by atoms with Gasteiger partial charge < -0.3 is 18.0 Å². The Morgan fingerprint density at radius 3 is 2.17 bits per heavy atom. The van der Waals surface area contributed by atoms with E-state index in [2.05, 4.69) is 34.1 Å². The minimum atomic E-state index is -2.54. The highest BCUT2D eigenvalue weighted by atomic mass is 79.9. The first-order chi connectivity index (χ1) is 11.7. The zero-order chi connectivity index (χ0) is 17.4. The van der Waals surface area contributed by atoms with Crippen molar-refractivity contribution in [2.24, 2.45) is 0 Å². The van der Waals surface area contributed by atoms with Gasteiger partial charge in [-0.3, -0.25) is 0 Å². The first-order valence-corrected chi connectivity index (χ1v) is 10.5. The fourth-order valence-corrected chi connectivity index (χ4v) is 4.69. The van der Waals surface area contributed by atoms with Crippen LogP contribution in [0.2, 0.25) is 6.04 Å². The van der Waals surface area contributed by atoms with E-state index in [0.29, 0.717) is 12.7 Å². The normalized spacial score (nSPS) is 11.5. The van der Waals surface area contributed by atoms with Crippen LogP contribution < -0.4 is 4.74 Å². The van der Waals surface area contributed by atoms with Gasteiger partial charge in [-0.25, -0.2) is 0 Å². The van der Waals surface area contributed by atoms with Crippen LogP contribution in [0.5, 0.6) is 5.75 Å². The van der Waals surface area contributed by atoms with Gasteiger partial charge in [-0.2, -0.15) is 0 Å². The summed E-state index contributed by atoms with van der Waals surface area (Å²) in [7, 11) is 2.34. The highest BCUT2D eigenvalue weighted by Gasteiger charge is 2.36. The molecule has 0 spiro atoms. The Balaban J connectivity index is 2.06. The summed E-state index contributed by atoms with van der Waals surface area (Å²) in [6, 6.07) is 17.0. The number of hydrogen-bond acceptors (Lipinski definition) is 4. The molecule has 24 heavy (non-hydrogen) atoms. The number of ether oxygens (including phenoxy) is 1. The highest BCUT2D eigenvalue weighted by molar-refractivity contribution is 9.10. The molecule has 2 aromatic carbocycles. The molecule has 0 aliphatic carbocycles. The summed E-state index contributed by atoms with van der Waals surface area (Å²) in [6.07, 6.45) is 0.789. The van der Waals surface area contributed by atoms with E-state index in [1.807, 2.05) is 30.3 Å². The van der Waals surface area contributed by atoms with Gasteiger partial charge in [0, 0.05) is 32.9 Å². The molecular weight excluding hydrogens is 388 g/mol. The maximum absolute atomic E-state index is 6.06. The lowest BCUT2D eigenvalue weighted by atomic mass is 10.1. The van der Waals surface area contributed by atoms with Crippen molar-refractivity contribution in [3.63, 3.8) is 0 Å². The molecule has 0 radical (unpaired) electrons. The predicted octanol–water partition coefficient (Wildman–Crippen LogP) is 4.76. The second-order valence-electron chi connectivity index (χ2n) is 5.23. The molecule has 0 aliphatic heterocycles. The summed E-state index contributed by atoms with van der Waals surface area (Å²) in [5, 5.41) is 0. The topological polar surface area (TPSA) is 36.9 Å². The number of rotatable bonds is 9. The molecule has 2 aromatic rings. The summed E-state index contributed by atoms with van der Waals surface area (Å²) in [5.74, 6) is 0.850. The van der Waals surface area contributed by atoms with Crippen LogP contribution in [0.15, 0.2) is 53.0 Å². The average Bonchev–Trinajstić information content (AvgIpc) is 2.64. The minimum absolute atomic E-state index is 0.563. The lowest BCUT2D eigenvalue weighted by Crippen LogP contribution is -2.42. The quantitative estimate of drug-likeness (QED) is 0.440. The Labute approximate surface area is 153 Å². The monoisotopic (exact) mass is 410 g/mol. The second-order valence-corrected chi connectivity index (χ2v) is 9.18. The summed E-state index contributed by atoms with van der Waals surface area (Å²) in [4.78, 5) is 0. The minimum Gasteiger partial charge on any atom is -0.492 e. The van der Waals surface area contributed by atoms with E-state index < -0.39 is 8.80 Å². The summed E-state index contributed by atoms with van der Waals surface area (Å²) in [5.41, 5.74) is 2.20. The molecule has 4 nitrogen and oxygen atoms in total. The first-order valence-electron chi connectivity index (χ1n) is 7.78. The van der Waals surface area contributed by atoms with Gasteiger partial charge in [0.2, 0.25) is 0 Å². The van der Waals surface area contributed by atoms with Crippen molar-refractivity contribution in [2.75, 3.05) is 27.9 Å². The molecule has 0 heterocycles. The van der Waals surface area contributed by atoms with Crippen LogP contribution in [0.4, 0.5) is 0 Å². The molecule has 6 heteroatoms. The summed E-state index contributed by atoms with van der Waals surface area (Å²) in [6.45, 7) is 0.563. The van der Waals surface area contributed by atoms with Gasteiger partial charge in [0.05, 0.1) is 11.1 Å². The van der Waals surface area contributed by atoms with Crippen molar-refractivity contribution in [3.8, 4) is 16.9 Å². The van der Waals surface area contributed by atoms with Gasteiger partial charge in [-0.05, 0) is 34.0 Å². The van der Waals surface area contributed by atoms with Crippen LogP contribution in [0.25, 0.3) is 11.1 Å². The van der Waals surface area contributed by atoms with Crippen molar-refractivity contribution in [1.82, 2.24) is 0 Å². The number of benzene rings is 2. The van der Waals surface area contributed by atoms with E-state index in [-0.39, 0.29) is 0 Å². The standard InChI is InChI=1S/C18H23BrO4Si/c1-20-24(21-2,22-3)14-8-13-23-18-16(11-7-12-17(18)19)15-9-5-4-6-10-15/h4-7,9-12H,8,13-14H2,1-3H3. The van der Waals surface area contributed by atoms with E-state index in [9.17, 15) is 0 Å². The number of para-hydroxylation sites is 1. The third-order valence-corrected chi connectivity index (χ3v) is 7.31. The predicted molar refractivity (Wildman–Crippen MR) is 101 cm³/mol. The van der Waals surface area contributed by atoms with Crippen LogP contribution in [-0.2, 0) is 13.3 Å². The molecular formula is C18H23BrO4Si. The Kier molecular flexibility index (Phi) is 7.45. The SMILES string of the molecule is CO[Si](CCCOc1c(Br)cccc1-c1ccccc1)(OC)OC. The zero-order valence-corrected chi connectivity index (χ0v) is 16.8. The Morgan fingerprint density at radius 1 is 0.875 bits per heavy atom. The zero-order valence-electron chi connectivity index (χ0n) is 14.3. The molecule has 0 saturated heterocycles. The van der Waals surface area contributed by atoms with Crippen molar-refractivity contribution in [3.05, 3.63) is 53.0 Å². The van der Waals surface area contributed by atoms with E-state index in [0.717, 1.165) is 27.8 Å². The maximum Gasteiger partial charge on any atom is 0.500 e. The van der Waals surface area contributed by atoms with Gasteiger partial charge in [0.25, 0.3) is 0 Å². The van der Waals surface area contributed by atoms with E-state index in [1.54, 1.807) is 21.3 Å². The molecule has 0 aliphatic rings. The lowest BCUT2D eigenvalue weighted by molar-refractivity contribution is 0.121. The van der Waals surface area contributed by atoms with Crippen LogP contribution in [0.3, 0.4) is 0 Å². The summed E-state index contributed by atoms with van der Waals surface area (Å²) >= 11 is 3.59. The van der Waals surface area contributed by atoms with Gasteiger partial charge in [-0.15, -0.1) is 0 Å². The van der Waals surface area contributed by atoms with Gasteiger partial charge in [0.15, 0.2) is 0 Å². The molecule has 130 valence electrons. The van der Waals surface area contributed by atoms with Crippen molar-refractivity contribution < 1.29 is 18.0 Å². The number of halogens is 1. The average molecular weight is 411 g/mol. The fraction of sp³-hybridized carbons (Fsp3) is 0.333. The lowest BCUT2D eigenvalue weighted by Gasteiger charge is -2.24. The molecule has 2 rings (SSSR count). The Morgan fingerprint density at radius 2 is 1.54 bits per heavy atom. The van der Waals surface area contributed by atoms with Crippen LogP contribution in [0, 0.1) is 0 Å². The third-order valence-electron chi connectivity index (χ3n) is 3.86. The van der Waals surface area contributed by atoms with Crippen LogP contribution >= 0.6 is 15.9 Å². The molecule has 0 fully saturated rings. The van der Waals surface area contributed by atoms with Crippen molar-refractivity contribution in [2.45, 2.75) is 12.5 Å². The maximum atomic E-state index is 6.06. The van der Waals surface area contributed by atoms with Gasteiger partial charge in [0.1, 0.15) is 5.75 Å². The molecule has 0 amide bonds. The Hall–Kier alpha value is -1.18. The molecule has 0 bridgehead atoms. The smallest absolute Gasteiger partial charge is 0.492 e. The second kappa shape index (κ2) is 9.34. The number of hydrogen-bond donors (Lipinski definition) is 0. The van der Waals surface area contributed by atoms with E-state index in [4.69, 9.17) is 18.0 Å². The van der Waals surface area contributed by atoms with Gasteiger partial charge >= 0.3 is 8.80 Å². The van der Waals surface area contributed by atoms with Crippen molar-refractivity contribution >= 4 is 24.7 Å². The van der Waals surface area contributed by atoms with Gasteiger partial charge in [-0.1, -0.05) is 42.5 Å². The van der Waals surface area contributed by atoms with Crippen LogP contribution in [0.1, 0.15) is 6.42 Å². The van der Waals surface area contributed by atoms with E-state index in [1.165, 1.54) is 0 Å². The van der Waals surface area contributed by atoms with Crippen molar-refractivity contribution in [1.29, 1.82) is 0 Å².